The zero-order valence-electron chi connectivity index (χ0n) is 7.83. The molecule has 0 aliphatic carbocycles. The van der Waals surface area contributed by atoms with Gasteiger partial charge in [-0.2, -0.15) is 0 Å². The normalized spacial score (nSPS) is 10.7. The van der Waals surface area contributed by atoms with Crippen molar-refractivity contribution in [2.45, 2.75) is 33.1 Å². The minimum Gasteiger partial charge on any atom is -0.396 e. The van der Waals surface area contributed by atoms with Crippen LogP contribution in [0.5, 0.6) is 0 Å². The molecule has 0 unspecified atom stereocenters. The lowest BCUT2D eigenvalue weighted by Crippen LogP contribution is -2.04. The molecule has 0 aliphatic rings. The smallest absolute Gasteiger partial charge is 0.128 e. The molecule has 1 aromatic heterocycles. The molecular weight excluding hydrogens is 150 g/mol. The van der Waals surface area contributed by atoms with Crippen molar-refractivity contribution in [1.82, 2.24) is 9.97 Å². The van der Waals surface area contributed by atoms with E-state index in [2.05, 4.69) is 23.8 Å². The SMILES string of the molecule is CCc1ncc(N)c(C(C)C)n1. The molecule has 0 aromatic carbocycles. The number of aryl methyl sites for hydroxylation is 1. The van der Waals surface area contributed by atoms with E-state index in [1.165, 1.54) is 0 Å². The number of anilines is 1. The third kappa shape index (κ3) is 1.72. The summed E-state index contributed by atoms with van der Waals surface area (Å²) < 4.78 is 0. The Hall–Kier alpha value is -1.12. The summed E-state index contributed by atoms with van der Waals surface area (Å²) in [5.41, 5.74) is 7.38. The number of hydrogen-bond acceptors (Lipinski definition) is 3. The Kier molecular flexibility index (Phi) is 2.63. The van der Waals surface area contributed by atoms with Crippen LogP contribution < -0.4 is 5.73 Å². The van der Waals surface area contributed by atoms with Crippen LogP contribution >= 0.6 is 0 Å². The summed E-state index contributed by atoms with van der Waals surface area (Å²) in [6, 6.07) is 0. The molecule has 3 nitrogen and oxygen atoms in total. The first kappa shape index (κ1) is 8.97. The highest BCUT2D eigenvalue weighted by molar-refractivity contribution is 5.41. The van der Waals surface area contributed by atoms with E-state index in [4.69, 9.17) is 5.73 Å². The zero-order valence-corrected chi connectivity index (χ0v) is 7.83. The summed E-state index contributed by atoms with van der Waals surface area (Å²) in [7, 11) is 0. The van der Waals surface area contributed by atoms with Crippen molar-refractivity contribution < 1.29 is 0 Å². The van der Waals surface area contributed by atoms with Crippen molar-refractivity contribution in [3.8, 4) is 0 Å². The van der Waals surface area contributed by atoms with Gasteiger partial charge in [0.1, 0.15) is 5.82 Å². The van der Waals surface area contributed by atoms with Crippen molar-refractivity contribution in [1.29, 1.82) is 0 Å². The minimum atomic E-state index is 0.373. The molecule has 0 bridgehead atoms. The van der Waals surface area contributed by atoms with Gasteiger partial charge in [-0.15, -0.1) is 0 Å². The lowest BCUT2D eigenvalue weighted by Gasteiger charge is -2.08. The van der Waals surface area contributed by atoms with Crippen LogP contribution in [0.4, 0.5) is 5.69 Å². The molecule has 0 saturated heterocycles. The zero-order chi connectivity index (χ0) is 9.14. The van der Waals surface area contributed by atoms with E-state index in [0.29, 0.717) is 11.6 Å². The first-order valence-electron chi connectivity index (χ1n) is 4.26. The highest BCUT2D eigenvalue weighted by Gasteiger charge is 2.06. The molecule has 0 aliphatic heterocycles. The minimum absolute atomic E-state index is 0.373. The lowest BCUT2D eigenvalue weighted by molar-refractivity contribution is 0.791. The average Bonchev–Trinajstić information content (AvgIpc) is 2.05. The Morgan fingerprint density at radius 2 is 2.17 bits per heavy atom. The Bertz CT molecular complexity index is 268. The van der Waals surface area contributed by atoms with Gasteiger partial charge >= 0.3 is 0 Å². The van der Waals surface area contributed by atoms with Gasteiger partial charge < -0.3 is 5.73 Å². The van der Waals surface area contributed by atoms with Crippen LogP contribution in [0.1, 0.15) is 38.2 Å². The van der Waals surface area contributed by atoms with Gasteiger partial charge in [-0.05, 0) is 5.92 Å². The monoisotopic (exact) mass is 165 g/mol. The van der Waals surface area contributed by atoms with Gasteiger partial charge in [0.05, 0.1) is 17.6 Å². The maximum atomic E-state index is 5.72. The van der Waals surface area contributed by atoms with Crippen LogP contribution in [0.15, 0.2) is 6.20 Å². The van der Waals surface area contributed by atoms with Crippen LogP contribution in [0.3, 0.4) is 0 Å². The highest BCUT2D eigenvalue weighted by Crippen LogP contribution is 2.17. The highest BCUT2D eigenvalue weighted by atomic mass is 14.9. The first-order chi connectivity index (χ1) is 5.65. The third-order valence-electron chi connectivity index (χ3n) is 1.76. The van der Waals surface area contributed by atoms with Crippen molar-refractivity contribution in [3.05, 3.63) is 17.7 Å². The predicted molar refractivity (Wildman–Crippen MR) is 49.9 cm³/mol. The van der Waals surface area contributed by atoms with E-state index in [-0.39, 0.29) is 0 Å². The molecule has 0 atom stereocenters. The molecule has 3 heteroatoms. The van der Waals surface area contributed by atoms with Crippen molar-refractivity contribution in [3.63, 3.8) is 0 Å². The van der Waals surface area contributed by atoms with Crippen LogP contribution in [-0.2, 0) is 6.42 Å². The molecule has 2 N–H and O–H groups in total. The molecule has 1 rings (SSSR count). The number of nitrogens with zero attached hydrogens (tertiary/aromatic N) is 2. The number of nitrogen functional groups attached to an aromatic ring is 1. The van der Waals surface area contributed by atoms with E-state index < -0.39 is 0 Å². The van der Waals surface area contributed by atoms with Gasteiger partial charge in [0.25, 0.3) is 0 Å². The fourth-order valence-electron chi connectivity index (χ4n) is 1.08. The largest absolute Gasteiger partial charge is 0.396 e. The molecule has 12 heavy (non-hydrogen) atoms. The molecule has 0 fully saturated rings. The second-order valence-electron chi connectivity index (χ2n) is 3.14. The van der Waals surface area contributed by atoms with Crippen molar-refractivity contribution >= 4 is 5.69 Å². The summed E-state index contributed by atoms with van der Waals surface area (Å²) in [6.45, 7) is 6.20. The standard InChI is InChI=1S/C9H15N3/c1-4-8-11-5-7(10)9(12-8)6(2)3/h5-6H,4,10H2,1-3H3. The van der Waals surface area contributed by atoms with Crippen molar-refractivity contribution in [2.75, 3.05) is 5.73 Å². The Morgan fingerprint density at radius 3 is 2.67 bits per heavy atom. The summed E-state index contributed by atoms with van der Waals surface area (Å²) in [4.78, 5) is 8.46. The van der Waals surface area contributed by atoms with Crippen LogP contribution in [0.25, 0.3) is 0 Å². The molecule has 0 saturated carbocycles. The van der Waals surface area contributed by atoms with Crippen molar-refractivity contribution in [2.24, 2.45) is 0 Å². The van der Waals surface area contributed by atoms with E-state index in [9.17, 15) is 0 Å². The van der Waals surface area contributed by atoms with Gasteiger partial charge in [0, 0.05) is 6.42 Å². The Labute approximate surface area is 73.0 Å². The summed E-state index contributed by atoms with van der Waals surface area (Å²) in [5, 5.41) is 0. The maximum Gasteiger partial charge on any atom is 0.128 e. The molecule has 0 radical (unpaired) electrons. The average molecular weight is 165 g/mol. The summed E-state index contributed by atoms with van der Waals surface area (Å²) in [6.07, 6.45) is 2.56. The van der Waals surface area contributed by atoms with Crippen LogP contribution in [0, 0.1) is 0 Å². The molecule has 1 aromatic rings. The molecule has 0 spiro atoms. The van der Waals surface area contributed by atoms with Gasteiger partial charge in [-0.3, -0.25) is 0 Å². The quantitative estimate of drug-likeness (QED) is 0.726. The molecule has 0 amide bonds. The Morgan fingerprint density at radius 1 is 1.50 bits per heavy atom. The maximum absolute atomic E-state index is 5.72. The fraction of sp³-hybridized carbons (Fsp3) is 0.556. The lowest BCUT2D eigenvalue weighted by atomic mass is 10.1. The van der Waals surface area contributed by atoms with Gasteiger partial charge in [-0.1, -0.05) is 20.8 Å². The third-order valence-corrected chi connectivity index (χ3v) is 1.76. The second kappa shape index (κ2) is 3.52. The van der Waals surface area contributed by atoms with E-state index in [1.54, 1.807) is 6.20 Å². The van der Waals surface area contributed by atoms with Gasteiger partial charge in [0.15, 0.2) is 0 Å². The molecule has 1 heterocycles. The fourth-order valence-corrected chi connectivity index (χ4v) is 1.08. The van der Waals surface area contributed by atoms with Crippen LogP contribution in [-0.4, -0.2) is 9.97 Å². The topological polar surface area (TPSA) is 51.8 Å². The summed E-state index contributed by atoms with van der Waals surface area (Å²) in [5.74, 6) is 1.24. The van der Waals surface area contributed by atoms with E-state index in [0.717, 1.165) is 17.9 Å². The van der Waals surface area contributed by atoms with Gasteiger partial charge in [-0.25, -0.2) is 9.97 Å². The molecule has 66 valence electrons. The first-order valence-corrected chi connectivity index (χ1v) is 4.26. The number of hydrogen-bond donors (Lipinski definition) is 1. The molecular formula is C9H15N3. The Balaban J connectivity index is 3.08. The summed E-state index contributed by atoms with van der Waals surface area (Å²) >= 11 is 0. The predicted octanol–water partition coefficient (Wildman–Crippen LogP) is 1.74. The number of rotatable bonds is 2. The van der Waals surface area contributed by atoms with E-state index in [1.807, 2.05) is 6.92 Å². The van der Waals surface area contributed by atoms with Gasteiger partial charge in [0.2, 0.25) is 0 Å². The van der Waals surface area contributed by atoms with Crippen LogP contribution in [0.2, 0.25) is 0 Å². The van der Waals surface area contributed by atoms with E-state index >= 15 is 0 Å². The second-order valence-corrected chi connectivity index (χ2v) is 3.14. The number of nitrogens with two attached hydrogens (primary N) is 1. The number of aromatic nitrogens is 2.